The van der Waals surface area contributed by atoms with Gasteiger partial charge >= 0.3 is 18.2 Å². The average molecular weight is 288 g/mol. The minimum absolute atomic E-state index is 0. The predicted octanol–water partition coefficient (Wildman–Crippen LogP) is -2.41. The normalized spacial score (nSPS) is 11.4. The zero-order valence-electron chi connectivity index (χ0n) is 11.4. The Bertz CT molecular complexity index is 415. The quantitative estimate of drug-likeness (QED) is 0.381. The van der Waals surface area contributed by atoms with E-state index in [9.17, 15) is 9.59 Å². The lowest BCUT2D eigenvalue weighted by Crippen LogP contribution is -3.00. The van der Waals surface area contributed by atoms with E-state index < -0.39 is 18.2 Å². The molecule has 0 unspecified atom stereocenters. The summed E-state index contributed by atoms with van der Waals surface area (Å²) in [6.45, 7) is 2.55. The third-order valence-electron chi connectivity index (χ3n) is 2.31. The number of nitrogens with one attached hydrogen (secondary N) is 1. The summed E-state index contributed by atoms with van der Waals surface area (Å²) in [5.74, 6) is -0.993. The van der Waals surface area contributed by atoms with Crippen molar-refractivity contribution in [3.05, 3.63) is 29.8 Å². The van der Waals surface area contributed by atoms with Crippen LogP contribution in [-0.4, -0.2) is 26.0 Å². The predicted molar refractivity (Wildman–Crippen MR) is 65.2 cm³/mol. The Hall–Kier alpha value is -1.59. The van der Waals surface area contributed by atoms with Crippen molar-refractivity contribution < 1.29 is 36.4 Å². The molecule has 0 spiro atoms. The van der Waals surface area contributed by atoms with Gasteiger partial charge < -0.3 is 22.0 Å². The van der Waals surface area contributed by atoms with Crippen molar-refractivity contribution in [3.63, 3.8) is 0 Å². The van der Waals surface area contributed by atoms with Crippen molar-refractivity contribution in [2.24, 2.45) is 0 Å². The Morgan fingerprint density at radius 1 is 1.16 bits per heavy atom. The molecule has 0 atom stereocenters. The van der Waals surface area contributed by atoms with Crippen LogP contribution in [0, 0.1) is 0 Å². The first-order valence-electron chi connectivity index (χ1n) is 5.65. The topological polar surface area (TPSA) is 59.9 Å². The third kappa shape index (κ3) is 5.72. The van der Waals surface area contributed by atoms with Crippen LogP contribution < -0.4 is 17.3 Å². The van der Waals surface area contributed by atoms with E-state index in [1.165, 1.54) is 18.7 Å². The van der Waals surface area contributed by atoms with Crippen molar-refractivity contribution >= 4 is 17.6 Å². The Balaban J connectivity index is 0.00000324. The summed E-state index contributed by atoms with van der Waals surface area (Å²) < 4.78 is 9.92. The van der Waals surface area contributed by atoms with Crippen LogP contribution in [0.3, 0.4) is 0 Å². The van der Waals surface area contributed by atoms with Gasteiger partial charge in [0.05, 0.1) is 26.6 Å². The molecule has 1 aromatic rings. The molecule has 5 nitrogen and oxygen atoms in total. The minimum Gasteiger partial charge on any atom is -1.00 e. The SMILES string of the molecule is CC(=O)OC(OC(C)=[O+])c1ccc([NH+](C)C)cc1.[Cl-]. The molecule has 0 saturated heterocycles. The third-order valence-corrected chi connectivity index (χ3v) is 2.31. The molecule has 0 aliphatic carbocycles. The number of rotatable bonds is 4. The first-order valence-corrected chi connectivity index (χ1v) is 5.65. The molecule has 1 radical (unpaired) electrons. The Kier molecular flexibility index (Phi) is 7.11. The monoisotopic (exact) mass is 287 g/mol. The second kappa shape index (κ2) is 7.76. The van der Waals surface area contributed by atoms with Gasteiger partial charge in [0.15, 0.2) is 0 Å². The molecular formula is C13H18ClNO4+. The maximum Gasteiger partial charge on any atom is 0.574 e. The summed E-state index contributed by atoms with van der Waals surface area (Å²) in [4.78, 5) is 23.1. The van der Waals surface area contributed by atoms with Crippen molar-refractivity contribution in [3.8, 4) is 0 Å². The van der Waals surface area contributed by atoms with Crippen LogP contribution in [0.5, 0.6) is 0 Å². The fraction of sp³-hybridized carbons (Fsp3) is 0.385. The standard InChI is InChI=1S/C13H17NO4.ClH/c1-9(15)17-13(18-10(2)16)11-5-7-12(8-6-11)14(3)4;/h5-8,13H,1-4H3;1H/q+1;. The summed E-state index contributed by atoms with van der Waals surface area (Å²) in [5.41, 5.74) is 1.72. The first-order chi connectivity index (χ1) is 8.40. The number of halogens is 1. The number of hydrogen-bond acceptors (Lipinski definition) is 4. The van der Waals surface area contributed by atoms with E-state index >= 15 is 0 Å². The van der Waals surface area contributed by atoms with Gasteiger partial charge in [0.25, 0.3) is 0 Å². The highest BCUT2D eigenvalue weighted by Crippen LogP contribution is 2.20. The summed E-state index contributed by atoms with van der Waals surface area (Å²) >= 11 is 0. The summed E-state index contributed by atoms with van der Waals surface area (Å²) in [6.07, 6.45) is -0.980. The maximum absolute atomic E-state index is 11.0. The zero-order chi connectivity index (χ0) is 13.7. The van der Waals surface area contributed by atoms with Gasteiger partial charge in [-0.3, -0.25) is 9.53 Å². The molecule has 0 amide bonds. The second-order valence-electron chi connectivity index (χ2n) is 4.17. The van der Waals surface area contributed by atoms with Crippen LogP contribution in [-0.2, 0) is 19.1 Å². The van der Waals surface area contributed by atoms with Crippen LogP contribution in [0.4, 0.5) is 5.69 Å². The summed E-state index contributed by atoms with van der Waals surface area (Å²) in [7, 11) is 4.01. The van der Waals surface area contributed by atoms with E-state index in [0.717, 1.165) is 5.69 Å². The molecule has 0 saturated carbocycles. The lowest BCUT2D eigenvalue weighted by molar-refractivity contribution is -0.786. The highest BCUT2D eigenvalue weighted by atomic mass is 35.5. The van der Waals surface area contributed by atoms with Crippen LogP contribution in [0.15, 0.2) is 24.3 Å². The molecule has 1 rings (SSSR count). The van der Waals surface area contributed by atoms with Crippen molar-refractivity contribution in [1.82, 2.24) is 0 Å². The number of esters is 2. The van der Waals surface area contributed by atoms with Crippen molar-refractivity contribution in [2.45, 2.75) is 20.1 Å². The summed E-state index contributed by atoms with van der Waals surface area (Å²) in [5, 5.41) is 0. The van der Waals surface area contributed by atoms with E-state index in [0.29, 0.717) is 5.56 Å². The minimum atomic E-state index is -0.980. The molecule has 0 aromatic heterocycles. The number of ether oxygens (including phenoxy) is 2. The molecular weight excluding hydrogens is 270 g/mol. The van der Waals surface area contributed by atoms with Gasteiger partial charge in [0, 0.05) is 11.7 Å². The smallest absolute Gasteiger partial charge is 0.574 e. The van der Waals surface area contributed by atoms with Gasteiger partial charge in [-0.25, -0.2) is 0 Å². The average Bonchev–Trinajstić information content (AvgIpc) is 2.27. The molecule has 0 fully saturated rings. The molecule has 0 bridgehead atoms. The van der Waals surface area contributed by atoms with Crippen molar-refractivity contribution in [2.75, 3.05) is 14.1 Å². The van der Waals surface area contributed by atoms with Crippen LogP contribution in [0.2, 0.25) is 0 Å². The number of carbonyl (C=O) groups excluding carboxylic acids is 2. The van der Waals surface area contributed by atoms with E-state index in [1.807, 2.05) is 26.2 Å². The molecule has 1 N–H and O–H groups in total. The van der Waals surface area contributed by atoms with Gasteiger partial charge in [-0.1, -0.05) is 0 Å². The van der Waals surface area contributed by atoms with Crippen LogP contribution >= 0.6 is 0 Å². The first kappa shape index (κ1) is 17.4. The maximum atomic E-state index is 11.0. The number of quaternary nitrogens is 1. The molecule has 1 aromatic carbocycles. The fourth-order valence-electron chi connectivity index (χ4n) is 1.44. The van der Waals surface area contributed by atoms with Gasteiger partial charge in [-0.05, 0) is 24.3 Å². The van der Waals surface area contributed by atoms with Crippen LogP contribution in [0.1, 0.15) is 25.7 Å². The molecule has 0 aliphatic rings. The van der Waals surface area contributed by atoms with E-state index in [1.54, 1.807) is 12.1 Å². The molecule has 6 heteroatoms. The van der Waals surface area contributed by atoms with E-state index in [-0.39, 0.29) is 12.4 Å². The highest BCUT2D eigenvalue weighted by Gasteiger charge is 2.26. The van der Waals surface area contributed by atoms with Gasteiger partial charge in [0.2, 0.25) is 0 Å². The molecule has 0 heterocycles. The molecule has 19 heavy (non-hydrogen) atoms. The second-order valence-corrected chi connectivity index (χ2v) is 4.17. The summed E-state index contributed by atoms with van der Waals surface area (Å²) in [6, 6.07) is 7.34. The number of hydrogen-bond donors (Lipinski definition) is 1. The lowest BCUT2D eigenvalue weighted by atomic mass is 10.2. The fourth-order valence-corrected chi connectivity index (χ4v) is 1.44. The Morgan fingerprint density at radius 3 is 2.05 bits per heavy atom. The van der Waals surface area contributed by atoms with Crippen LogP contribution in [0.25, 0.3) is 0 Å². The van der Waals surface area contributed by atoms with Gasteiger partial charge in [0.1, 0.15) is 5.69 Å². The number of benzene rings is 1. The lowest BCUT2D eigenvalue weighted by Gasteiger charge is -2.11. The number of carbonyl (C=O) groups is 2. The Morgan fingerprint density at radius 2 is 1.68 bits per heavy atom. The zero-order valence-corrected chi connectivity index (χ0v) is 12.2. The Labute approximate surface area is 118 Å². The van der Waals surface area contributed by atoms with Crippen molar-refractivity contribution in [1.29, 1.82) is 0 Å². The van der Waals surface area contributed by atoms with E-state index in [2.05, 4.69) is 0 Å². The largest absolute Gasteiger partial charge is 1.00 e. The highest BCUT2D eigenvalue weighted by molar-refractivity contribution is 5.68. The van der Waals surface area contributed by atoms with Gasteiger partial charge in [-0.15, -0.1) is 0 Å². The van der Waals surface area contributed by atoms with Gasteiger partial charge in [-0.2, -0.15) is 0 Å². The molecule has 105 valence electrons. The molecule has 0 aliphatic heterocycles. The van der Waals surface area contributed by atoms with E-state index in [4.69, 9.17) is 9.47 Å².